The predicted octanol–water partition coefficient (Wildman–Crippen LogP) is 5.20. The number of hydrogen-bond acceptors (Lipinski definition) is 3. The van der Waals surface area contributed by atoms with Crippen LogP contribution in [0.5, 0.6) is 0 Å². The number of rotatable bonds is 4. The number of carbonyl (C=O) groups is 2. The van der Waals surface area contributed by atoms with Gasteiger partial charge in [0.05, 0.1) is 0 Å². The Balaban J connectivity index is 1.17. The molecule has 0 radical (unpaired) electrons. The van der Waals surface area contributed by atoms with Crippen molar-refractivity contribution in [3.05, 3.63) is 108 Å². The highest BCUT2D eigenvalue weighted by molar-refractivity contribution is 6.02. The van der Waals surface area contributed by atoms with E-state index >= 15 is 0 Å². The van der Waals surface area contributed by atoms with Gasteiger partial charge >= 0.3 is 0 Å². The lowest BCUT2D eigenvalue weighted by Crippen LogP contribution is -2.66. The van der Waals surface area contributed by atoms with Crippen LogP contribution in [0.25, 0.3) is 32.3 Å². The van der Waals surface area contributed by atoms with Gasteiger partial charge in [0.2, 0.25) is 11.8 Å². The summed E-state index contributed by atoms with van der Waals surface area (Å²) in [6.45, 7) is 3.23. The van der Waals surface area contributed by atoms with E-state index in [-0.39, 0.29) is 18.4 Å². The van der Waals surface area contributed by atoms with Gasteiger partial charge in [-0.2, -0.15) is 0 Å². The third kappa shape index (κ3) is 3.91. The van der Waals surface area contributed by atoms with Crippen molar-refractivity contribution >= 4 is 44.1 Å². The van der Waals surface area contributed by atoms with E-state index in [0.717, 1.165) is 29.4 Å². The molecule has 0 bridgehead atoms. The lowest BCUT2D eigenvalue weighted by atomic mass is 9.95. The maximum absolute atomic E-state index is 13.8. The van der Waals surface area contributed by atoms with Gasteiger partial charge in [0.25, 0.3) is 0 Å². The van der Waals surface area contributed by atoms with Gasteiger partial charge in [0.15, 0.2) is 0 Å². The summed E-state index contributed by atoms with van der Waals surface area (Å²) in [6, 6.07) is 33.2. The van der Waals surface area contributed by atoms with E-state index in [0.29, 0.717) is 19.6 Å². The molecule has 1 unspecified atom stereocenters. The molecule has 5 aromatic carbocycles. The monoisotopic (exact) mass is 499 g/mol. The zero-order valence-electron chi connectivity index (χ0n) is 21.2. The van der Waals surface area contributed by atoms with Crippen LogP contribution in [-0.4, -0.2) is 58.7 Å². The molecule has 5 nitrogen and oxygen atoms in total. The minimum absolute atomic E-state index is 0.0463. The van der Waals surface area contributed by atoms with E-state index in [9.17, 15) is 9.59 Å². The smallest absolute Gasteiger partial charge is 0.247 e. The van der Waals surface area contributed by atoms with Crippen molar-refractivity contribution in [2.75, 3.05) is 26.2 Å². The lowest BCUT2D eigenvalue weighted by Gasteiger charge is -2.46. The molecule has 2 heterocycles. The van der Waals surface area contributed by atoms with Crippen LogP contribution in [0.2, 0.25) is 0 Å². The van der Waals surface area contributed by atoms with Crippen molar-refractivity contribution < 1.29 is 9.59 Å². The minimum Gasteiger partial charge on any atom is -0.327 e. The third-order valence-electron chi connectivity index (χ3n) is 8.21. The van der Waals surface area contributed by atoms with E-state index in [1.807, 2.05) is 18.2 Å². The standard InChI is InChI=1S/C33H29N3O2/c37-32-22-35(19-26-12-7-11-23-8-1-4-13-27(23)26)33(38)31-21-34(16-17-36(31)32)20-30-28-14-5-2-9-24(28)18-25-10-3-6-15-29(25)30/h1-15,18,31H,16-17,19-22H2. The van der Waals surface area contributed by atoms with Crippen LogP contribution in [0.4, 0.5) is 0 Å². The number of piperazine rings is 2. The molecule has 2 fully saturated rings. The van der Waals surface area contributed by atoms with E-state index < -0.39 is 6.04 Å². The second-order valence-electron chi connectivity index (χ2n) is 10.5. The Labute approximate surface area is 221 Å². The van der Waals surface area contributed by atoms with Crippen molar-refractivity contribution in [3.63, 3.8) is 0 Å². The van der Waals surface area contributed by atoms with Gasteiger partial charge < -0.3 is 9.80 Å². The van der Waals surface area contributed by atoms with Crippen molar-refractivity contribution in [1.29, 1.82) is 0 Å². The zero-order chi connectivity index (χ0) is 25.6. The SMILES string of the molecule is O=C1C2CN(Cc3c4ccccc4cc4ccccc34)CCN2C(=O)CN1Cc1cccc2ccccc12. The third-order valence-corrected chi connectivity index (χ3v) is 8.21. The van der Waals surface area contributed by atoms with Crippen LogP contribution in [0, 0.1) is 0 Å². The summed E-state index contributed by atoms with van der Waals surface area (Å²) in [4.78, 5) is 32.8. The highest BCUT2D eigenvalue weighted by atomic mass is 16.2. The Kier molecular flexibility index (Phi) is 5.59. The molecule has 1 atom stereocenters. The molecular weight excluding hydrogens is 470 g/mol. The fraction of sp³-hybridized carbons (Fsp3) is 0.212. The molecular formula is C33H29N3O2. The van der Waals surface area contributed by atoms with E-state index in [1.165, 1.54) is 27.1 Å². The van der Waals surface area contributed by atoms with Gasteiger partial charge in [-0.05, 0) is 49.5 Å². The van der Waals surface area contributed by atoms with Gasteiger partial charge in [0.1, 0.15) is 12.6 Å². The van der Waals surface area contributed by atoms with Crippen LogP contribution >= 0.6 is 0 Å². The number of carbonyl (C=O) groups excluding carboxylic acids is 2. The summed E-state index contributed by atoms with van der Waals surface area (Å²) >= 11 is 0. The molecule has 5 heteroatoms. The minimum atomic E-state index is -0.443. The van der Waals surface area contributed by atoms with E-state index in [1.54, 1.807) is 9.80 Å². The first-order valence-corrected chi connectivity index (χ1v) is 13.3. The number of nitrogens with zero attached hydrogens (tertiary/aromatic N) is 3. The van der Waals surface area contributed by atoms with Gasteiger partial charge in [-0.25, -0.2) is 0 Å². The highest BCUT2D eigenvalue weighted by Crippen LogP contribution is 2.31. The number of amides is 2. The van der Waals surface area contributed by atoms with Crippen LogP contribution in [0.1, 0.15) is 11.1 Å². The molecule has 38 heavy (non-hydrogen) atoms. The van der Waals surface area contributed by atoms with Gasteiger partial charge in [-0.15, -0.1) is 0 Å². The summed E-state index contributed by atoms with van der Waals surface area (Å²) in [7, 11) is 0. The molecule has 0 aromatic heterocycles. The zero-order valence-corrected chi connectivity index (χ0v) is 21.2. The van der Waals surface area contributed by atoms with Gasteiger partial charge in [-0.3, -0.25) is 14.5 Å². The molecule has 0 N–H and O–H groups in total. The Morgan fingerprint density at radius 3 is 2.03 bits per heavy atom. The van der Waals surface area contributed by atoms with Gasteiger partial charge in [0, 0.05) is 32.7 Å². The molecule has 0 aliphatic carbocycles. The first-order chi connectivity index (χ1) is 18.7. The first-order valence-electron chi connectivity index (χ1n) is 13.3. The Bertz CT molecular complexity index is 1650. The quantitative estimate of drug-likeness (QED) is 0.319. The summed E-state index contributed by atoms with van der Waals surface area (Å²) in [5.74, 6) is 0.0927. The summed E-state index contributed by atoms with van der Waals surface area (Å²) < 4.78 is 0. The van der Waals surface area contributed by atoms with Crippen LogP contribution in [0.3, 0.4) is 0 Å². The molecule has 0 spiro atoms. The van der Waals surface area contributed by atoms with E-state index in [4.69, 9.17) is 0 Å². The topological polar surface area (TPSA) is 43.9 Å². The average molecular weight is 500 g/mol. The maximum atomic E-state index is 13.8. The normalized spacial score (nSPS) is 18.5. The van der Waals surface area contributed by atoms with Crippen molar-refractivity contribution in [3.8, 4) is 0 Å². The van der Waals surface area contributed by atoms with Crippen LogP contribution in [-0.2, 0) is 22.7 Å². The Morgan fingerprint density at radius 2 is 1.29 bits per heavy atom. The molecule has 0 saturated carbocycles. The molecule has 2 aliphatic rings. The fourth-order valence-electron chi connectivity index (χ4n) is 6.31. The second-order valence-corrected chi connectivity index (χ2v) is 10.5. The van der Waals surface area contributed by atoms with E-state index in [2.05, 4.69) is 83.8 Å². The average Bonchev–Trinajstić information content (AvgIpc) is 2.96. The summed E-state index contributed by atoms with van der Waals surface area (Å²) in [5.41, 5.74) is 2.36. The van der Waals surface area contributed by atoms with Crippen LogP contribution in [0.15, 0.2) is 97.1 Å². The molecule has 7 rings (SSSR count). The fourth-order valence-corrected chi connectivity index (χ4v) is 6.31. The predicted molar refractivity (Wildman–Crippen MR) is 152 cm³/mol. The Morgan fingerprint density at radius 1 is 0.658 bits per heavy atom. The largest absolute Gasteiger partial charge is 0.327 e. The van der Waals surface area contributed by atoms with Crippen molar-refractivity contribution in [2.45, 2.75) is 19.1 Å². The lowest BCUT2D eigenvalue weighted by molar-refractivity contribution is -0.160. The molecule has 188 valence electrons. The molecule has 2 amide bonds. The van der Waals surface area contributed by atoms with Crippen LogP contribution < -0.4 is 0 Å². The summed E-state index contributed by atoms with van der Waals surface area (Å²) in [5, 5.41) is 7.23. The summed E-state index contributed by atoms with van der Waals surface area (Å²) in [6.07, 6.45) is 0. The first kappa shape index (κ1) is 22.9. The van der Waals surface area contributed by atoms with Crippen molar-refractivity contribution in [1.82, 2.24) is 14.7 Å². The molecule has 5 aromatic rings. The number of benzene rings is 5. The second kappa shape index (κ2) is 9.26. The highest BCUT2D eigenvalue weighted by Gasteiger charge is 2.42. The number of fused-ring (bicyclic) bond motifs is 4. The maximum Gasteiger partial charge on any atom is 0.247 e. The molecule has 2 saturated heterocycles. The van der Waals surface area contributed by atoms with Crippen molar-refractivity contribution in [2.24, 2.45) is 0 Å². The van der Waals surface area contributed by atoms with Gasteiger partial charge in [-0.1, -0.05) is 91.0 Å². The Hall–Kier alpha value is -4.22. The molecule has 2 aliphatic heterocycles. The number of hydrogen-bond donors (Lipinski definition) is 0.